The molecular weight excluding hydrogens is 216 g/mol. The summed E-state index contributed by atoms with van der Waals surface area (Å²) >= 11 is 0. The lowest BCUT2D eigenvalue weighted by Crippen LogP contribution is -2.08. The van der Waals surface area contributed by atoms with Gasteiger partial charge in [0.05, 0.1) is 11.9 Å². The van der Waals surface area contributed by atoms with E-state index in [0.717, 1.165) is 30.8 Å². The first kappa shape index (κ1) is 11.9. The average Bonchev–Trinajstić information content (AvgIpc) is 2.96. The summed E-state index contributed by atoms with van der Waals surface area (Å²) in [5.41, 5.74) is 1.62. The topological polar surface area (TPSA) is 55.9 Å². The zero-order chi connectivity index (χ0) is 12.3. The number of hydrogen-bond donors (Lipinski definition) is 1. The summed E-state index contributed by atoms with van der Waals surface area (Å²) in [6.07, 6.45) is 5.69. The lowest BCUT2D eigenvalue weighted by molar-refractivity contribution is 0.208. The number of hydrogen-bond acceptors (Lipinski definition) is 3. The molecule has 2 heterocycles. The Morgan fingerprint density at radius 3 is 2.88 bits per heavy atom. The number of rotatable bonds is 5. The third-order valence-corrected chi connectivity index (χ3v) is 2.75. The van der Waals surface area contributed by atoms with Gasteiger partial charge in [-0.2, -0.15) is 10.2 Å². The van der Waals surface area contributed by atoms with Crippen LogP contribution in [0.5, 0.6) is 0 Å². The number of aliphatic hydroxyl groups is 1. The van der Waals surface area contributed by atoms with Crippen molar-refractivity contribution in [1.82, 2.24) is 19.6 Å². The van der Waals surface area contributed by atoms with Crippen LogP contribution in [-0.4, -0.2) is 24.7 Å². The highest BCUT2D eigenvalue weighted by molar-refractivity contribution is 5.20. The Hall–Kier alpha value is -1.62. The predicted octanol–water partition coefficient (Wildman–Crippen LogP) is 1.59. The predicted molar refractivity (Wildman–Crippen MR) is 64.5 cm³/mol. The summed E-state index contributed by atoms with van der Waals surface area (Å²) in [4.78, 5) is 0. The van der Waals surface area contributed by atoms with E-state index in [2.05, 4.69) is 17.1 Å². The van der Waals surface area contributed by atoms with Crippen LogP contribution in [0.2, 0.25) is 0 Å². The summed E-state index contributed by atoms with van der Waals surface area (Å²) in [5, 5.41) is 18.6. The van der Waals surface area contributed by atoms with Crippen molar-refractivity contribution < 1.29 is 5.11 Å². The van der Waals surface area contributed by atoms with Crippen LogP contribution in [0, 0.1) is 0 Å². The van der Waals surface area contributed by atoms with Crippen LogP contribution < -0.4 is 0 Å². The molecule has 0 saturated heterocycles. The molecule has 92 valence electrons. The van der Waals surface area contributed by atoms with Gasteiger partial charge in [-0.1, -0.05) is 6.92 Å². The second kappa shape index (κ2) is 5.14. The fourth-order valence-electron chi connectivity index (χ4n) is 1.88. The number of aromatic nitrogens is 4. The van der Waals surface area contributed by atoms with Gasteiger partial charge in [0.1, 0.15) is 6.10 Å². The normalized spacial score (nSPS) is 12.9. The van der Waals surface area contributed by atoms with Crippen LogP contribution in [0.25, 0.3) is 0 Å². The van der Waals surface area contributed by atoms with E-state index in [1.54, 1.807) is 17.1 Å². The van der Waals surface area contributed by atoms with Gasteiger partial charge in [-0.25, -0.2) is 0 Å². The van der Waals surface area contributed by atoms with E-state index in [1.165, 1.54) is 0 Å². The molecule has 0 aliphatic carbocycles. The van der Waals surface area contributed by atoms with Crippen LogP contribution in [0.15, 0.2) is 24.7 Å². The maximum Gasteiger partial charge on any atom is 0.124 e. The summed E-state index contributed by atoms with van der Waals surface area (Å²) in [6, 6.07) is 1.84. The standard InChI is InChI=1S/C12H18N4O/c1-3-7-15-9-10(8-14-15)12(17)11-5-6-13-16(11)4-2/h5-6,8-9,12,17H,3-4,7H2,1-2H3. The Labute approximate surface area is 101 Å². The van der Waals surface area contributed by atoms with Gasteiger partial charge in [-0.15, -0.1) is 0 Å². The Kier molecular flexibility index (Phi) is 3.58. The zero-order valence-corrected chi connectivity index (χ0v) is 10.2. The molecule has 17 heavy (non-hydrogen) atoms. The SMILES string of the molecule is CCCn1cc(C(O)c2ccnn2CC)cn1. The van der Waals surface area contributed by atoms with Crippen molar-refractivity contribution in [2.24, 2.45) is 0 Å². The van der Waals surface area contributed by atoms with Gasteiger partial charge in [-0.05, 0) is 19.4 Å². The second-order valence-corrected chi connectivity index (χ2v) is 4.01. The van der Waals surface area contributed by atoms with E-state index in [4.69, 9.17) is 0 Å². The van der Waals surface area contributed by atoms with Crippen molar-refractivity contribution >= 4 is 0 Å². The van der Waals surface area contributed by atoms with Crippen molar-refractivity contribution in [1.29, 1.82) is 0 Å². The van der Waals surface area contributed by atoms with Crippen molar-refractivity contribution in [3.8, 4) is 0 Å². The van der Waals surface area contributed by atoms with E-state index < -0.39 is 6.10 Å². The summed E-state index contributed by atoms with van der Waals surface area (Å²) in [7, 11) is 0. The number of aryl methyl sites for hydroxylation is 2. The fourth-order valence-corrected chi connectivity index (χ4v) is 1.88. The van der Waals surface area contributed by atoms with Crippen LogP contribution in [-0.2, 0) is 13.1 Å². The average molecular weight is 234 g/mol. The third-order valence-electron chi connectivity index (χ3n) is 2.75. The molecule has 5 heteroatoms. The van der Waals surface area contributed by atoms with Gasteiger partial charge >= 0.3 is 0 Å². The quantitative estimate of drug-likeness (QED) is 0.854. The molecule has 0 aliphatic heterocycles. The van der Waals surface area contributed by atoms with Crippen LogP contribution in [0.3, 0.4) is 0 Å². The molecule has 2 rings (SSSR count). The highest BCUT2D eigenvalue weighted by Gasteiger charge is 2.16. The molecule has 1 atom stereocenters. The van der Waals surface area contributed by atoms with E-state index in [0.29, 0.717) is 0 Å². The smallest absolute Gasteiger partial charge is 0.124 e. The van der Waals surface area contributed by atoms with E-state index >= 15 is 0 Å². The molecule has 0 bridgehead atoms. The molecule has 5 nitrogen and oxygen atoms in total. The fraction of sp³-hybridized carbons (Fsp3) is 0.500. The van der Waals surface area contributed by atoms with E-state index in [-0.39, 0.29) is 0 Å². The molecule has 0 saturated carbocycles. The highest BCUT2D eigenvalue weighted by Crippen LogP contribution is 2.20. The lowest BCUT2D eigenvalue weighted by atomic mass is 10.1. The van der Waals surface area contributed by atoms with Crippen molar-refractivity contribution in [3.05, 3.63) is 35.9 Å². The van der Waals surface area contributed by atoms with Crippen LogP contribution >= 0.6 is 0 Å². The zero-order valence-electron chi connectivity index (χ0n) is 10.2. The second-order valence-electron chi connectivity index (χ2n) is 4.01. The molecule has 0 aliphatic rings. The van der Waals surface area contributed by atoms with E-state index in [9.17, 15) is 5.11 Å². The Bertz CT molecular complexity index is 474. The van der Waals surface area contributed by atoms with Gasteiger partial charge in [0.2, 0.25) is 0 Å². The molecule has 0 fully saturated rings. The van der Waals surface area contributed by atoms with Gasteiger partial charge < -0.3 is 5.11 Å². The van der Waals surface area contributed by atoms with Crippen LogP contribution in [0.1, 0.15) is 37.6 Å². The van der Waals surface area contributed by atoms with E-state index in [1.807, 2.05) is 23.9 Å². The molecule has 1 unspecified atom stereocenters. The van der Waals surface area contributed by atoms with Gasteiger partial charge in [0.25, 0.3) is 0 Å². The minimum atomic E-state index is -0.650. The van der Waals surface area contributed by atoms with Crippen molar-refractivity contribution in [2.45, 2.75) is 39.5 Å². The highest BCUT2D eigenvalue weighted by atomic mass is 16.3. The van der Waals surface area contributed by atoms with Gasteiger partial charge in [0.15, 0.2) is 0 Å². The first-order valence-corrected chi connectivity index (χ1v) is 5.98. The summed E-state index contributed by atoms with van der Waals surface area (Å²) in [6.45, 7) is 5.73. The molecule has 0 spiro atoms. The maximum absolute atomic E-state index is 10.3. The Morgan fingerprint density at radius 1 is 1.35 bits per heavy atom. The number of nitrogens with zero attached hydrogens (tertiary/aromatic N) is 4. The first-order valence-electron chi connectivity index (χ1n) is 5.98. The number of aliphatic hydroxyl groups excluding tert-OH is 1. The van der Waals surface area contributed by atoms with Crippen molar-refractivity contribution in [3.63, 3.8) is 0 Å². The largest absolute Gasteiger partial charge is 0.382 e. The molecule has 0 amide bonds. The Balaban J connectivity index is 2.21. The third kappa shape index (κ3) is 2.39. The Morgan fingerprint density at radius 2 is 2.18 bits per heavy atom. The first-order chi connectivity index (χ1) is 8.26. The molecule has 2 aromatic rings. The van der Waals surface area contributed by atoms with Gasteiger partial charge in [-0.3, -0.25) is 9.36 Å². The lowest BCUT2D eigenvalue weighted by Gasteiger charge is -2.10. The molecule has 0 radical (unpaired) electrons. The summed E-state index contributed by atoms with van der Waals surface area (Å²) in [5.74, 6) is 0. The maximum atomic E-state index is 10.3. The monoisotopic (exact) mass is 234 g/mol. The van der Waals surface area contributed by atoms with Gasteiger partial charge in [0, 0.05) is 31.0 Å². The summed E-state index contributed by atoms with van der Waals surface area (Å²) < 4.78 is 3.65. The molecule has 2 aromatic heterocycles. The van der Waals surface area contributed by atoms with Crippen LogP contribution in [0.4, 0.5) is 0 Å². The molecule has 0 aromatic carbocycles. The van der Waals surface area contributed by atoms with Crippen molar-refractivity contribution in [2.75, 3.05) is 0 Å². The minimum Gasteiger partial charge on any atom is -0.382 e. The molecular formula is C12H18N4O. The minimum absolute atomic E-state index is 0.650. The molecule has 1 N–H and O–H groups in total.